The summed E-state index contributed by atoms with van der Waals surface area (Å²) in [5.74, 6) is -0.394. The van der Waals surface area contributed by atoms with Crippen LogP contribution in [0.25, 0.3) is 0 Å². The van der Waals surface area contributed by atoms with Gasteiger partial charge >= 0.3 is 6.18 Å². The zero-order valence-corrected chi connectivity index (χ0v) is 12.7. The second-order valence-electron chi connectivity index (χ2n) is 5.44. The minimum atomic E-state index is -4.45. The van der Waals surface area contributed by atoms with Crippen LogP contribution < -0.4 is 4.74 Å². The summed E-state index contributed by atoms with van der Waals surface area (Å²) in [6, 6.07) is 1.73. The van der Waals surface area contributed by atoms with Crippen LogP contribution in [-0.2, 0) is 13.2 Å². The Morgan fingerprint density at radius 1 is 1.42 bits per heavy atom. The lowest BCUT2D eigenvalue weighted by Crippen LogP contribution is -2.31. The van der Waals surface area contributed by atoms with Gasteiger partial charge in [0.2, 0.25) is 5.88 Å². The highest BCUT2D eigenvalue weighted by Gasteiger charge is 2.33. The number of pyridine rings is 1. The first-order valence-corrected chi connectivity index (χ1v) is 7.18. The molecule has 128 valence electrons. The van der Waals surface area contributed by atoms with Gasteiger partial charge in [-0.2, -0.15) is 13.2 Å². The van der Waals surface area contributed by atoms with Crippen LogP contribution in [0, 0.1) is 0 Å². The van der Waals surface area contributed by atoms with Gasteiger partial charge in [0.05, 0.1) is 18.3 Å². The SMILES string of the molecule is Cn1cc(C(=O)N2CCC(Oc3cc(C(F)(F)F)ccn3)C2)nn1. The molecule has 2 aromatic heterocycles. The Labute approximate surface area is 135 Å². The molecule has 1 aliphatic heterocycles. The molecule has 1 saturated heterocycles. The summed E-state index contributed by atoms with van der Waals surface area (Å²) in [5.41, 5.74) is -0.603. The molecule has 0 spiro atoms. The normalized spacial score (nSPS) is 18.0. The van der Waals surface area contributed by atoms with Crippen LogP contribution in [0.4, 0.5) is 13.2 Å². The molecule has 0 aromatic carbocycles. The summed E-state index contributed by atoms with van der Waals surface area (Å²) in [4.78, 5) is 17.6. The lowest BCUT2D eigenvalue weighted by Gasteiger charge is -2.16. The maximum atomic E-state index is 12.7. The van der Waals surface area contributed by atoms with E-state index in [4.69, 9.17) is 4.74 Å². The van der Waals surface area contributed by atoms with Crippen molar-refractivity contribution >= 4 is 5.91 Å². The van der Waals surface area contributed by atoms with E-state index in [0.717, 1.165) is 18.3 Å². The number of hydrogen-bond acceptors (Lipinski definition) is 5. The predicted octanol–water partition coefficient (Wildman–Crippen LogP) is 1.52. The number of ether oxygens (including phenoxy) is 1. The Kier molecular flexibility index (Phi) is 4.12. The molecule has 0 saturated carbocycles. The first kappa shape index (κ1) is 16.2. The van der Waals surface area contributed by atoms with Crippen molar-refractivity contribution in [3.63, 3.8) is 0 Å². The largest absolute Gasteiger partial charge is 0.472 e. The van der Waals surface area contributed by atoms with Gasteiger partial charge in [0, 0.05) is 32.3 Å². The van der Waals surface area contributed by atoms with Gasteiger partial charge < -0.3 is 9.64 Å². The van der Waals surface area contributed by atoms with Crippen LogP contribution in [0.1, 0.15) is 22.5 Å². The Bertz CT molecular complexity index is 746. The van der Waals surface area contributed by atoms with E-state index >= 15 is 0 Å². The first-order valence-electron chi connectivity index (χ1n) is 7.18. The Hall–Kier alpha value is -2.65. The smallest absolute Gasteiger partial charge is 0.416 e. The van der Waals surface area contributed by atoms with Gasteiger partial charge in [-0.15, -0.1) is 5.10 Å². The number of nitrogens with zero attached hydrogens (tertiary/aromatic N) is 5. The number of rotatable bonds is 3. The van der Waals surface area contributed by atoms with Gasteiger partial charge in [0.15, 0.2) is 5.69 Å². The van der Waals surface area contributed by atoms with E-state index in [1.807, 2.05) is 0 Å². The van der Waals surface area contributed by atoms with E-state index in [-0.39, 0.29) is 24.0 Å². The number of aryl methyl sites for hydroxylation is 1. The van der Waals surface area contributed by atoms with Crippen molar-refractivity contribution in [3.05, 3.63) is 35.8 Å². The monoisotopic (exact) mass is 341 g/mol. The van der Waals surface area contributed by atoms with Gasteiger partial charge in [-0.25, -0.2) is 4.98 Å². The van der Waals surface area contributed by atoms with Crippen molar-refractivity contribution in [3.8, 4) is 5.88 Å². The third kappa shape index (κ3) is 3.47. The molecule has 10 heteroatoms. The topological polar surface area (TPSA) is 73.1 Å². The molecule has 0 radical (unpaired) electrons. The minimum absolute atomic E-state index is 0.108. The van der Waals surface area contributed by atoms with Crippen LogP contribution in [0.5, 0.6) is 5.88 Å². The molecule has 1 unspecified atom stereocenters. The fraction of sp³-hybridized carbons (Fsp3) is 0.429. The quantitative estimate of drug-likeness (QED) is 0.846. The van der Waals surface area contributed by atoms with E-state index in [1.54, 1.807) is 7.05 Å². The predicted molar refractivity (Wildman–Crippen MR) is 75.2 cm³/mol. The van der Waals surface area contributed by atoms with E-state index in [0.29, 0.717) is 13.0 Å². The summed E-state index contributed by atoms with van der Waals surface area (Å²) in [7, 11) is 1.65. The molecule has 3 heterocycles. The zero-order valence-electron chi connectivity index (χ0n) is 12.7. The van der Waals surface area contributed by atoms with Crippen molar-refractivity contribution in [2.75, 3.05) is 13.1 Å². The van der Waals surface area contributed by atoms with Gasteiger partial charge in [0.25, 0.3) is 5.91 Å². The third-order valence-corrected chi connectivity index (χ3v) is 3.60. The van der Waals surface area contributed by atoms with Crippen molar-refractivity contribution in [2.45, 2.75) is 18.7 Å². The molecule has 1 atom stereocenters. The van der Waals surface area contributed by atoms with E-state index in [9.17, 15) is 18.0 Å². The highest BCUT2D eigenvalue weighted by Crippen LogP contribution is 2.31. The van der Waals surface area contributed by atoms with E-state index < -0.39 is 17.8 Å². The standard InChI is InChI=1S/C14H14F3N5O2/c1-21-8-11(19-20-21)13(23)22-5-3-10(7-22)24-12-6-9(2-4-18-12)14(15,16)17/h2,4,6,8,10H,3,5,7H2,1H3. The second kappa shape index (κ2) is 6.10. The molecule has 7 nitrogen and oxygen atoms in total. The number of halogens is 3. The Balaban J connectivity index is 1.63. The highest BCUT2D eigenvalue weighted by atomic mass is 19.4. The molecule has 24 heavy (non-hydrogen) atoms. The van der Waals surface area contributed by atoms with E-state index in [1.165, 1.54) is 15.8 Å². The molecular formula is C14H14F3N5O2. The van der Waals surface area contributed by atoms with Crippen molar-refractivity contribution < 1.29 is 22.7 Å². The lowest BCUT2D eigenvalue weighted by atomic mass is 10.2. The van der Waals surface area contributed by atoms with Crippen LogP contribution in [-0.4, -0.2) is 50.0 Å². The van der Waals surface area contributed by atoms with Crippen molar-refractivity contribution in [1.29, 1.82) is 0 Å². The van der Waals surface area contributed by atoms with Crippen LogP contribution in [0.15, 0.2) is 24.5 Å². The number of likely N-dealkylation sites (tertiary alicyclic amines) is 1. The van der Waals surface area contributed by atoms with E-state index in [2.05, 4.69) is 15.3 Å². The van der Waals surface area contributed by atoms with Gasteiger partial charge in [-0.05, 0) is 6.07 Å². The summed E-state index contributed by atoms with van der Waals surface area (Å²) in [6.45, 7) is 0.687. The van der Waals surface area contributed by atoms with Crippen molar-refractivity contribution in [2.24, 2.45) is 7.05 Å². The fourth-order valence-corrected chi connectivity index (χ4v) is 2.44. The molecule has 0 bridgehead atoms. The number of hydrogen-bond donors (Lipinski definition) is 0. The Morgan fingerprint density at radius 3 is 2.88 bits per heavy atom. The van der Waals surface area contributed by atoms with Crippen LogP contribution >= 0.6 is 0 Å². The molecular weight excluding hydrogens is 327 g/mol. The molecule has 1 fully saturated rings. The second-order valence-corrected chi connectivity index (χ2v) is 5.44. The molecule has 0 N–H and O–H groups in total. The van der Waals surface area contributed by atoms with Crippen LogP contribution in [0.2, 0.25) is 0 Å². The molecule has 2 aromatic rings. The summed E-state index contributed by atoms with van der Waals surface area (Å²) >= 11 is 0. The number of carbonyl (C=O) groups excluding carboxylic acids is 1. The average molecular weight is 341 g/mol. The number of carbonyl (C=O) groups is 1. The Morgan fingerprint density at radius 2 is 2.21 bits per heavy atom. The number of amides is 1. The fourth-order valence-electron chi connectivity index (χ4n) is 2.44. The third-order valence-electron chi connectivity index (χ3n) is 3.60. The van der Waals surface area contributed by atoms with Gasteiger partial charge in [0.1, 0.15) is 6.10 Å². The molecule has 3 rings (SSSR count). The maximum absolute atomic E-state index is 12.7. The minimum Gasteiger partial charge on any atom is -0.472 e. The molecule has 1 amide bonds. The number of alkyl halides is 3. The lowest BCUT2D eigenvalue weighted by molar-refractivity contribution is -0.137. The summed E-state index contributed by atoms with van der Waals surface area (Å²) in [5, 5.41) is 7.45. The van der Waals surface area contributed by atoms with Crippen molar-refractivity contribution in [1.82, 2.24) is 24.9 Å². The summed E-state index contributed by atoms with van der Waals surface area (Å²) in [6.07, 6.45) is -1.81. The first-order chi connectivity index (χ1) is 11.3. The molecule has 1 aliphatic rings. The number of aromatic nitrogens is 4. The molecule has 0 aliphatic carbocycles. The zero-order chi connectivity index (χ0) is 17.3. The highest BCUT2D eigenvalue weighted by molar-refractivity contribution is 5.92. The van der Waals surface area contributed by atoms with Gasteiger partial charge in [-0.3, -0.25) is 9.48 Å². The average Bonchev–Trinajstić information content (AvgIpc) is 3.15. The maximum Gasteiger partial charge on any atom is 0.416 e. The van der Waals surface area contributed by atoms with Gasteiger partial charge in [-0.1, -0.05) is 5.21 Å². The van der Waals surface area contributed by atoms with Crippen LogP contribution in [0.3, 0.4) is 0 Å². The summed E-state index contributed by atoms with van der Waals surface area (Å²) < 4.78 is 45.0.